The van der Waals surface area contributed by atoms with Gasteiger partial charge in [0.25, 0.3) is 0 Å². The summed E-state index contributed by atoms with van der Waals surface area (Å²) in [6.45, 7) is 3.92. The third kappa shape index (κ3) is 7.65. The SMILES string of the molecule is CCNC(=NCCC(=O)Nc1ccc(Br)cc1)NCCc1ccccn1. The van der Waals surface area contributed by atoms with Crippen LogP contribution in [0.5, 0.6) is 0 Å². The van der Waals surface area contributed by atoms with E-state index in [0.29, 0.717) is 18.9 Å². The summed E-state index contributed by atoms with van der Waals surface area (Å²) >= 11 is 3.37. The lowest BCUT2D eigenvalue weighted by molar-refractivity contribution is -0.116. The van der Waals surface area contributed by atoms with Crippen molar-refractivity contribution >= 4 is 33.5 Å². The van der Waals surface area contributed by atoms with Gasteiger partial charge >= 0.3 is 0 Å². The van der Waals surface area contributed by atoms with E-state index in [-0.39, 0.29) is 5.91 Å². The Balaban J connectivity index is 1.74. The third-order valence-corrected chi connectivity index (χ3v) is 4.01. The zero-order chi connectivity index (χ0) is 18.6. The van der Waals surface area contributed by atoms with Crippen molar-refractivity contribution in [1.82, 2.24) is 15.6 Å². The molecular formula is C19H24BrN5O. The second-order valence-corrected chi connectivity index (χ2v) is 6.48. The zero-order valence-electron chi connectivity index (χ0n) is 14.8. The molecule has 138 valence electrons. The number of nitrogens with one attached hydrogen (secondary N) is 3. The van der Waals surface area contributed by atoms with Gasteiger partial charge in [0.2, 0.25) is 5.91 Å². The van der Waals surface area contributed by atoms with E-state index in [9.17, 15) is 4.79 Å². The number of amides is 1. The summed E-state index contributed by atoms with van der Waals surface area (Å²) in [6.07, 6.45) is 2.93. The van der Waals surface area contributed by atoms with Crippen molar-refractivity contribution in [3.05, 3.63) is 58.8 Å². The molecule has 1 amide bonds. The van der Waals surface area contributed by atoms with Crippen molar-refractivity contribution in [2.24, 2.45) is 4.99 Å². The lowest BCUT2D eigenvalue weighted by Crippen LogP contribution is -2.38. The maximum absolute atomic E-state index is 12.0. The van der Waals surface area contributed by atoms with Crippen LogP contribution in [0, 0.1) is 0 Å². The molecule has 0 radical (unpaired) electrons. The molecule has 0 unspecified atom stereocenters. The number of carbonyl (C=O) groups excluding carboxylic acids is 1. The molecule has 0 aliphatic heterocycles. The van der Waals surface area contributed by atoms with Gasteiger partial charge in [-0.25, -0.2) is 0 Å². The number of nitrogens with zero attached hydrogens (tertiary/aromatic N) is 2. The van der Waals surface area contributed by atoms with Crippen LogP contribution in [0.15, 0.2) is 58.1 Å². The van der Waals surface area contributed by atoms with Gasteiger partial charge in [-0.15, -0.1) is 0 Å². The van der Waals surface area contributed by atoms with E-state index >= 15 is 0 Å². The molecule has 0 bridgehead atoms. The van der Waals surface area contributed by atoms with Crippen molar-refractivity contribution in [3.8, 4) is 0 Å². The molecule has 1 heterocycles. The highest BCUT2D eigenvalue weighted by atomic mass is 79.9. The van der Waals surface area contributed by atoms with Crippen LogP contribution < -0.4 is 16.0 Å². The molecule has 0 fully saturated rings. The number of hydrogen-bond donors (Lipinski definition) is 3. The standard InChI is InChI=1S/C19H24BrN5O/c1-2-21-19(23-13-10-16-5-3-4-12-22-16)24-14-11-18(26)25-17-8-6-15(20)7-9-17/h3-9,12H,2,10-11,13-14H2,1H3,(H,25,26)(H2,21,23,24). The lowest BCUT2D eigenvalue weighted by Gasteiger charge is -2.11. The van der Waals surface area contributed by atoms with Gasteiger partial charge in [0.05, 0.1) is 6.54 Å². The van der Waals surface area contributed by atoms with Gasteiger partial charge in [0, 0.05) is 48.0 Å². The van der Waals surface area contributed by atoms with Crippen molar-refractivity contribution < 1.29 is 4.79 Å². The molecule has 0 saturated heterocycles. The third-order valence-electron chi connectivity index (χ3n) is 3.48. The van der Waals surface area contributed by atoms with Crippen molar-refractivity contribution in [3.63, 3.8) is 0 Å². The Morgan fingerprint density at radius 3 is 2.65 bits per heavy atom. The number of pyridine rings is 1. The van der Waals surface area contributed by atoms with Gasteiger partial charge in [-0.1, -0.05) is 22.0 Å². The summed E-state index contributed by atoms with van der Waals surface area (Å²) in [4.78, 5) is 20.7. The van der Waals surface area contributed by atoms with E-state index in [1.54, 1.807) is 6.20 Å². The second kappa shape index (κ2) is 11.3. The van der Waals surface area contributed by atoms with Gasteiger partial charge in [0.1, 0.15) is 0 Å². The molecule has 6 nitrogen and oxygen atoms in total. The summed E-state index contributed by atoms with van der Waals surface area (Å²) in [5.74, 6) is 0.653. The van der Waals surface area contributed by atoms with E-state index in [2.05, 4.69) is 41.9 Å². The average Bonchev–Trinajstić information content (AvgIpc) is 2.64. The molecule has 2 aromatic rings. The Labute approximate surface area is 162 Å². The van der Waals surface area contributed by atoms with Crippen molar-refractivity contribution in [1.29, 1.82) is 0 Å². The van der Waals surface area contributed by atoms with Gasteiger partial charge in [-0.05, 0) is 43.3 Å². The highest BCUT2D eigenvalue weighted by Gasteiger charge is 2.03. The largest absolute Gasteiger partial charge is 0.357 e. The van der Waals surface area contributed by atoms with Gasteiger partial charge in [-0.3, -0.25) is 14.8 Å². The highest BCUT2D eigenvalue weighted by molar-refractivity contribution is 9.10. The fraction of sp³-hybridized carbons (Fsp3) is 0.316. The number of guanidine groups is 1. The number of aliphatic imine (C=N–C) groups is 1. The Morgan fingerprint density at radius 2 is 1.96 bits per heavy atom. The minimum absolute atomic E-state index is 0.0552. The maximum Gasteiger partial charge on any atom is 0.226 e. The topological polar surface area (TPSA) is 78.4 Å². The van der Waals surface area contributed by atoms with Crippen LogP contribution in [0.25, 0.3) is 0 Å². The van der Waals surface area contributed by atoms with Crippen LogP contribution in [0.1, 0.15) is 19.0 Å². The van der Waals surface area contributed by atoms with Gasteiger partial charge in [-0.2, -0.15) is 0 Å². The van der Waals surface area contributed by atoms with Crippen LogP contribution in [0.3, 0.4) is 0 Å². The van der Waals surface area contributed by atoms with Crippen LogP contribution in [0.4, 0.5) is 5.69 Å². The molecule has 0 atom stereocenters. The quantitative estimate of drug-likeness (QED) is 0.455. The molecule has 1 aromatic carbocycles. The van der Waals surface area contributed by atoms with Crippen molar-refractivity contribution in [2.45, 2.75) is 19.8 Å². The number of anilines is 1. The van der Waals surface area contributed by atoms with E-state index < -0.39 is 0 Å². The predicted molar refractivity (Wildman–Crippen MR) is 109 cm³/mol. The van der Waals surface area contributed by atoms with Crippen LogP contribution >= 0.6 is 15.9 Å². The molecule has 26 heavy (non-hydrogen) atoms. The number of benzene rings is 1. The van der Waals surface area contributed by atoms with E-state index in [1.807, 2.05) is 49.4 Å². The zero-order valence-corrected chi connectivity index (χ0v) is 16.4. The fourth-order valence-electron chi connectivity index (χ4n) is 2.22. The first-order chi connectivity index (χ1) is 12.7. The molecule has 3 N–H and O–H groups in total. The van der Waals surface area contributed by atoms with Gasteiger partial charge < -0.3 is 16.0 Å². The number of aromatic nitrogens is 1. The predicted octanol–water partition coefficient (Wildman–Crippen LogP) is 2.97. The van der Waals surface area contributed by atoms with Crippen molar-refractivity contribution in [2.75, 3.05) is 25.0 Å². The summed E-state index contributed by atoms with van der Waals surface area (Å²) in [5.41, 5.74) is 1.81. The number of rotatable bonds is 8. The van der Waals surface area contributed by atoms with Gasteiger partial charge in [0.15, 0.2) is 5.96 Å². The fourth-order valence-corrected chi connectivity index (χ4v) is 2.49. The molecule has 2 rings (SSSR count). The smallest absolute Gasteiger partial charge is 0.226 e. The summed E-state index contributed by atoms with van der Waals surface area (Å²) in [6, 6.07) is 13.4. The number of halogens is 1. The molecule has 0 saturated carbocycles. The molecule has 0 spiro atoms. The molecule has 7 heteroatoms. The molecule has 0 aliphatic rings. The first-order valence-electron chi connectivity index (χ1n) is 8.65. The number of hydrogen-bond acceptors (Lipinski definition) is 3. The summed E-state index contributed by atoms with van der Waals surface area (Å²) in [7, 11) is 0. The minimum Gasteiger partial charge on any atom is -0.357 e. The normalized spacial score (nSPS) is 11.1. The van der Waals surface area contributed by atoms with Crippen LogP contribution in [-0.4, -0.2) is 36.5 Å². The Bertz CT molecular complexity index is 704. The lowest BCUT2D eigenvalue weighted by atomic mass is 10.3. The first-order valence-corrected chi connectivity index (χ1v) is 9.44. The molecule has 1 aromatic heterocycles. The Kier molecular flexibility index (Phi) is 8.62. The monoisotopic (exact) mass is 417 g/mol. The molecular weight excluding hydrogens is 394 g/mol. The summed E-state index contributed by atoms with van der Waals surface area (Å²) in [5, 5.41) is 9.30. The average molecular weight is 418 g/mol. The Hall–Kier alpha value is -2.41. The first kappa shape index (κ1) is 19.9. The van der Waals surface area contributed by atoms with Crippen LogP contribution in [0.2, 0.25) is 0 Å². The minimum atomic E-state index is -0.0552. The van der Waals surface area contributed by atoms with Crippen LogP contribution in [-0.2, 0) is 11.2 Å². The molecule has 0 aliphatic carbocycles. The van der Waals surface area contributed by atoms with E-state index in [0.717, 1.165) is 35.4 Å². The Morgan fingerprint density at radius 1 is 1.15 bits per heavy atom. The van der Waals surface area contributed by atoms with E-state index in [4.69, 9.17) is 0 Å². The second-order valence-electron chi connectivity index (χ2n) is 5.56. The highest BCUT2D eigenvalue weighted by Crippen LogP contribution is 2.14. The maximum atomic E-state index is 12.0. The van der Waals surface area contributed by atoms with E-state index in [1.165, 1.54) is 0 Å². The summed E-state index contributed by atoms with van der Waals surface area (Å²) < 4.78 is 0.979. The number of carbonyl (C=O) groups is 1.